The van der Waals surface area contributed by atoms with Crippen molar-refractivity contribution in [2.45, 2.75) is 0 Å². The largest absolute Gasteiger partial charge is 0.256 e. The number of hydrogen-bond donors (Lipinski definition) is 0. The summed E-state index contributed by atoms with van der Waals surface area (Å²) in [4.78, 5) is 4.20. The minimum atomic E-state index is -0.276. The van der Waals surface area contributed by atoms with E-state index in [-0.39, 0.29) is 5.82 Å². The van der Waals surface area contributed by atoms with Crippen LogP contribution in [-0.4, -0.2) is 6.21 Å². The van der Waals surface area contributed by atoms with Gasteiger partial charge in [0, 0.05) is 16.3 Å². The zero-order chi connectivity index (χ0) is 11.4. The van der Waals surface area contributed by atoms with Gasteiger partial charge in [-0.1, -0.05) is 40.2 Å². The van der Waals surface area contributed by atoms with E-state index < -0.39 is 0 Å². The average Bonchev–Trinajstić information content (AvgIpc) is 2.28. The molecule has 1 nitrogen and oxygen atoms in total. The summed E-state index contributed by atoms with van der Waals surface area (Å²) in [5.41, 5.74) is 1.57. The molecule has 16 heavy (non-hydrogen) atoms. The number of rotatable bonds is 2. The molecule has 0 aromatic heterocycles. The first-order chi connectivity index (χ1) is 7.75. The highest BCUT2D eigenvalue weighted by molar-refractivity contribution is 9.10. The second kappa shape index (κ2) is 5.03. The summed E-state index contributed by atoms with van der Waals surface area (Å²) in [7, 11) is 0. The molecule has 0 heterocycles. The Labute approximate surface area is 102 Å². The summed E-state index contributed by atoms with van der Waals surface area (Å²) in [6, 6.07) is 13.9. The highest BCUT2D eigenvalue weighted by Gasteiger charge is 1.95. The first-order valence-corrected chi connectivity index (χ1v) is 5.59. The minimum absolute atomic E-state index is 0.276. The standard InChI is InChI=1S/C13H9BrFN/c14-13-7-2-1-4-10(13)9-16-12-6-3-5-11(15)8-12/h1-9H. The van der Waals surface area contributed by atoms with E-state index in [4.69, 9.17) is 0 Å². The molecule has 0 fully saturated rings. The highest BCUT2D eigenvalue weighted by atomic mass is 79.9. The maximum Gasteiger partial charge on any atom is 0.125 e. The van der Waals surface area contributed by atoms with Crippen LogP contribution in [0.25, 0.3) is 0 Å². The third-order valence-corrected chi connectivity index (χ3v) is 2.79. The molecule has 0 aliphatic carbocycles. The Bertz CT molecular complexity index is 523. The fourth-order valence-corrected chi connectivity index (χ4v) is 1.67. The van der Waals surface area contributed by atoms with Crippen LogP contribution in [0.3, 0.4) is 0 Å². The summed E-state index contributed by atoms with van der Waals surface area (Å²) in [5.74, 6) is -0.276. The number of aliphatic imine (C=N–C) groups is 1. The summed E-state index contributed by atoms with van der Waals surface area (Å²) in [6.45, 7) is 0. The second-order valence-electron chi connectivity index (χ2n) is 3.26. The van der Waals surface area contributed by atoms with Gasteiger partial charge in [0.15, 0.2) is 0 Å². The minimum Gasteiger partial charge on any atom is -0.256 e. The number of nitrogens with zero attached hydrogens (tertiary/aromatic N) is 1. The van der Waals surface area contributed by atoms with E-state index in [0.717, 1.165) is 10.0 Å². The van der Waals surface area contributed by atoms with Crippen molar-refractivity contribution in [3.63, 3.8) is 0 Å². The lowest BCUT2D eigenvalue weighted by molar-refractivity contribution is 0.628. The molecule has 0 saturated carbocycles. The molecule has 0 saturated heterocycles. The Hall–Kier alpha value is -1.48. The van der Waals surface area contributed by atoms with Crippen LogP contribution in [0, 0.1) is 5.82 Å². The maximum atomic E-state index is 12.9. The Morgan fingerprint density at radius 3 is 2.62 bits per heavy atom. The number of halogens is 2. The molecule has 0 spiro atoms. The van der Waals surface area contributed by atoms with Crippen LogP contribution in [0.2, 0.25) is 0 Å². The molecule has 0 unspecified atom stereocenters. The van der Waals surface area contributed by atoms with Crippen molar-refractivity contribution in [1.82, 2.24) is 0 Å². The van der Waals surface area contributed by atoms with Gasteiger partial charge < -0.3 is 0 Å². The zero-order valence-electron chi connectivity index (χ0n) is 8.40. The topological polar surface area (TPSA) is 12.4 Å². The van der Waals surface area contributed by atoms with Gasteiger partial charge in [-0.05, 0) is 24.3 Å². The Kier molecular flexibility index (Phi) is 3.47. The molecule has 0 bridgehead atoms. The second-order valence-corrected chi connectivity index (χ2v) is 4.11. The molecule has 0 radical (unpaired) electrons. The molecule has 0 amide bonds. The van der Waals surface area contributed by atoms with Gasteiger partial charge in [0.05, 0.1) is 5.69 Å². The van der Waals surface area contributed by atoms with Crippen molar-refractivity contribution in [3.05, 3.63) is 64.4 Å². The van der Waals surface area contributed by atoms with Crippen LogP contribution >= 0.6 is 15.9 Å². The van der Waals surface area contributed by atoms with Crippen LogP contribution < -0.4 is 0 Å². The molecule has 0 N–H and O–H groups in total. The van der Waals surface area contributed by atoms with Gasteiger partial charge in [0.2, 0.25) is 0 Å². The van der Waals surface area contributed by atoms with Crippen molar-refractivity contribution >= 4 is 27.8 Å². The summed E-state index contributed by atoms with van der Waals surface area (Å²) >= 11 is 3.42. The quantitative estimate of drug-likeness (QED) is 0.725. The van der Waals surface area contributed by atoms with Crippen molar-refractivity contribution in [2.75, 3.05) is 0 Å². The van der Waals surface area contributed by atoms with E-state index in [1.807, 2.05) is 24.3 Å². The third-order valence-electron chi connectivity index (χ3n) is 2.07. The monoisotopic (exact) mass is 277 g/mol. The van der Waals surface area contributed by atoms with Gasteiger partial charge in [-0.2, -0.15) is 0 Å². The maximum absolute atomic E-state index is 12.9. The van der Waals surface area contributed by atoms with Crippen molar-refractivity contribution < 1.29 is 4.39 Å². The summed E-state index contributed by atoms with van der Waals surface area (Å²) < 4.78 is 13.9. The lowest BCUT2D eigenvalue weighted by atomic mass is 10.2. The van der Waals surface area contributed by atoms with Crippen LogP contribution in [0.4, 0.5) is 10.1 Å². The predicted octanol–water partition coefficient (Wildman–Crippen LogP) is 4.34. The molecule has 0 aliphatic heterocycles. The van der Waals surface area contributed by atoms with Gasteiger partial charge in [-0.25, -0.2) is 4.39 Å². The first kappa shape index (κ1) is 11.0. The number of hydrogen-bond acceptors (Lipinski definition) is 1. The van der Waals surface area contributed by atoms with Gasteiger partial charge in [-0.15, -0.1) is 0 Å². The van der Waals surface area contributed by atoms with Crippen molar-refractivity contribution in [1.29, 1.82) is 0 Å². The average molecular weight is 278 g/mol. The van der Waals surface area contributed by atoms with E-state index in [1.165, 1.54) is 12.1 Å². The highest BCUT2D eigenvalue weighted by Crippen LogP contribution is 2.16. The fraction of sp³-hybridized carbons (Fsp3) is 0. The molecule has 0 aliphatic rings. The Morgan fingerprint density at radius 1 is 1.06 bits per heavy atom. The smallest absolute Gasteiger partial charge is 0.125 e. The molecule has 2 rings (SSSR count). The SMILES string of the molecule is Fc1cccc(N=Cc2ccccc2Br)c1. The molecular formula is C13H9BrFN. The van der Waals surface area contributed by atoms with E-state index in [1.54, 1.807) is 18.3 Å². The molecule has 80 valence electrons. The normalized spacial score (nSPS) is 10.9. The number of benzene rings is 2. The van der Waals surface area contributed by atoms with Crippen LogP contribution in [0.15, 0.2) is 58.0 Å². The van der Waals surface area contributed by atoms with Gasteiger partial charge in [0.1, 0.15) is 5.82 Å². The molecule has 2 aromatic carbocycles. The molecule has 2 aromatic rings. The van der Waals surface area contributed by atoms with Crippen LogP contribution in [0.1, 0.15) is 5.56 Å². The van der Waals surface area contributed by atoms with E-state index in [2.05, 4.69) is 20.9 Å². The molecule has 0 atom stereocenters. The molecule has 3 heteroatoms. The predicted molar refractivity (Wildman–Crippen MR) is 67.8 cm³/mol. The Morgan fingerprint density at radius 2 is 1.88 bits per heavy atom. The van der Waals surface area contributed by atoms with Crippen LogP contribution in [0.5, 0.6) is 0 Å². The van der Waals surface area contributed by atoms with Crippen molar-refractivity contribution in [2.24, 2.45) is 4.99 Å². The van der Waals surface area contributed by atoms with E-state index >= 15 is 0 Å². The van der Waals surface area contributed by atoms with E-state index in [9.17, 15) is 4.39 Å². The lowest BCUT2D eigenvalue weighted by Gasteiger charge is -1.97. The van der Waals surface area contributed by atoms with Crippen LogP contribution in [-0.2, 0) is 0 Å². The van der Waals surface area contributed by atoms with Crippen molar-refractivity contribution in [3.8, 4) is 0 Å². The summed E-state index contributed by atoms with van der Waals surface area (Å²) in [6.07, 6.45) is 1.71. The lowest BCUT2D eigenvalue weighted by Crippen LogP contribution is -1.81. The third kappa shape index (κ3) is 2.76. The first-order valence-electron chi connectivity index (χ1n) is 4.80. The van der Waals surface area contributed by atoms with Gasteiger partial charge in [0.25, 0.3) is 0 Å². The fourth-order valence-electron chi connectivity index (χ4n) is 1.28. The zero-order valence-corrected chi connectivity index (χ0v) is 9.99. The van der Waals surface area contributed by atoms with E-state index in [0.29, 0.717) is 5.69 Å². The summed E-state index contributed by atoms with van der Waals surface area (Å²) in [5, 5.41) is 0. The van der Waals surface area contributed by atoms with Gasteiger partial charge in [-0.3, -0.25) is 4.99 Å². The van der Waals surface area contributed by atoms with Gasteiger partial charge >= 0.3 is 0 Å². The molecular weight excluding hydrogens is 269 g/mol. The Balaban J connectivity index is 2.25.